The van der Waals surface area contributed by atoms with Gasteiger partial charge in [-0.1, -0.05) is 24.3 Å². The normalized spacial score (nSPS) is 12.3. The zero-order valence-corrected chi connectivity index (χ0v) is 19.5. The predicted octanol–water partition coefficient (Wildman–Crippen LogP) is 5.49. The number of aromatic nitrogens is 1. The van der Waals surface area contributed by atoms with Crippen LogP contribution >= 0.6 is 11.3 Å². The minimum Gasteiger partial charge on any atom is -0.487 e. The second-order valence-electron chi connectivity index (χ2n) is 8.04. The summed E-state index contributed by atoms with van der Waals surface area (Å²) in [6, 6.07) is 22.0. The van der Waals surface area contributed by atoms with Gasteiger partial charge in [0.25, 0.3) is 11.8 Å². The van der Waals surface area contributed by atoms with E-state index in [1.807, 2.05) is 36.6 Å². The molecule has 1 N–H and O–H groups in total. The Morgan fingerprint density at radius 3 is 2.65 bits per heavy atom. The Kier molecular flexibility index (Phi) is 6.10. The lowest BCUT2D eigenvalue weighted by molar-refractivity contribution is 0.0988. The van der Waals surface area contributed by atoms with E-state index in [0.29, 0.717) is 35.7 Å². The van der Waals surface area contributed by atoms with Gasteiger partial charge >= 0.3 is 0 Å². The first-order valence-corrected chi connectivity index (χ1v) is 11.9. The van der Waals surface area contributed by atoms with E-state index in [0.717, 1.165) is 22.8 Å². The lowest BCUT2D eigenvalue weighted by atomic mass is 10.1. The molecule has 0 spiro atoms. The summed E-state index contributed by atoms with van der Waals surface area (Å²) in [5, 5.41) is 5.84. The number of nitrogens with one attached hydrogen (secondary N) is 1. The van der Waals surface area contributed by atoms with Crippen LogP contribution in [0.2, 0.25) is 0 Å². The van der Waals surface area contributed by atoms with E-state index < -0.39 is 0 Å². The van der Waals surface area contributed by atoms with Gasteiger partial charge in [-0.2, -0.15) is 0 Å². The van der Waals surface area contributed by atoms with Crippen molar-refractivity contribution in [1.82, 2.24) is 4.98 Å². The fourth-order valence-corrected chi connectivity index (χ4v) is 4.56. The van der Waals surface area contributed by atoms with Gasteiger partial charge in [0.05, 0.1) is 10.7 Å². The van der Waals surface area contributed by atoms with Crippen LogP contribution in [0.4, 0.5) is 11.4 Å². The Bertz CT molecular complexity index is 1350. The molecule has 1 aliphatic heterocycles. The minimum absolute atomic E-state index is 0.0389. The molecule has 1 aliphatic rings. The van der Waals surface area contributed by atoms with Gasteiger partial charge in [-0.3, -0.25) is 9.59 Å². The summed E-state index contributed by atoms with van der Waals surface area (Å²) in [6.07, 6.45) is 0.863. The maximum absolute atomic E-state index is 13.0. The Morgan fingerprint density at radius 1 is 1.03 bits per heavy atom. The van der Waals surface area contributed by atoms with Crippen molar-refractivity contribution >= 4 is 34.5 Å². The number of amides is 2. The van der Waals surface area contributed by atoms with Gasteiger partial charge in [0.1, 0.15) is 12.4 Å². The van der Waals surface area contributed by atoms with Crippen LogP contribution in [-0.4, -0.2) is 23.3 Å². The fourth-order valence-electron chi connectivity index (χ4n) is 3.96. The number of fused-ring (bicyclic) bond motifs is 1. The molecule has 0 saturated carbocycles. The third kappa shape index (κ3) is 4.70. The quantitative estimate of drug-likeness (QED) is 0.406. The van der Waals surface area contributed by atoms with E-state index in [1.165, 1.54) is 5.56 Å². The van der Waals surface area contributed by atoms with Crippen LogP contribution in [-0.2, 0) is 13.0 Å². The number of benzene rings is 3. The predicted molar refractivity (Wildman–Crippen MR) is 134 cm³/mol. The molecule has 0 bridgehead atoms. The molecule has 1 aromatic heterocycles. The van der Waals surface area contributed by atoms with Crippen LogP contribution in [0.1, 0.15) is 37.0 Å². The highest BCUT2D eigenvalue weighted by atomic mass is 32.1. The van der Waals surface area contributed by atoms with E-state index in [-0.39, 0.29) is 11.8 Å². The second kappa shape index (κ2) is 9.49. The minimum atomic E-state index is -0.248. The molecule has 34 heavy (non-hydrogen) atoms. The van der Waals surface area contributed by atoms with Crippen molar-refractivity contribution in [2.24, 2.45) is 0 Å². The summed E-state index contributed by atoms with van der Waals surface area (Å²) >= 11 is 1.58. The van der Waals surface area contributed by atoms with Gasteiger partial charge in [0, 0.05) is 34.4 Å². The molecule has 0 aliphatic carbocycles. The topological polar surface area (TPSA) is 71.5 Å². The molecular formula is C27H23N3O3S. The van der Waals surface area contributed by atoms with Crippen LogP contribution in [0, 0.1) is 6.92 Å². The van der Waals surface area contributed by atoms with Gasteiger partial charge in [0.2, 0.25) is 0 Å². The number of thiazole rings is 1. The Morgan fingerprint density at radius 2 is 1.85 bits per heavy atom. The summed E-state index contributed by atoms with van der Waals surface area (Å²) in [4.78, 5) is 31.9. The van der Waals surface area contributed by atoms with Gasteiger partial charge in [-0.15, -0.1) is 11.3 Å². The van der Waals surface area contributed by atoms with Gasteiger partial charge < -0.3 is 15.0 Å². The first kappa shape index (κ1) is 21.9. The van der Waals surface area contributed by atoms with Crippen molar-refractivity contribution in [3.63, 3.8) is 0 Å². The first-order valence-electron chi connectivity index (χ1n) is 11.0. The Hall–Kier alpha value is -3.97. The molecule has 2 heterocycles. The summed E-state index contributed by atoms with van der Waals surface area (Å²) < 4.78 is 5.78. The lowest BCUT2D eigenvalue weighted by Crippen LogP contribution is -2.28. The molecule has 0 unspecified atom stereocenters. The third-order valence-corrected chi connectivity index (χ3v) is 6.49. The molecule has 4 aromatic rings. The number of para-hydroxylation sites is 1. The SMILES string of the molecule is Cc1nc(COc2cccc(C(=O)Nc3ccc(C(=O)N4CCc5ccccc54)cc3)c2)cs1. The molecule has 5 rings (SSSR count). The molecule has 0 radical (unpaired) electrons. The number of aryl methyl sites for hydroxylation is 1. The Balaban J connectivity index is 1.22. The zero-order valence-electron chi connectivity index (χ0n) is 18.7. The van der Waals surface area contributed by atoms with Crippen LogP contribution in [0.3, 0.4) is 0 Å². The van der Waals surface area contributed by atoms with E-state index in [9.17, 15) is 9.59 Å². The number of hydrogen-bond acceptors (Lipinski definition) is 5. The highest BCUT2D eigenvalue weighted by molar-refractivity contribution is 7.09. The number of nitrogens with zero attached hydrogens (tertiary/aromatic N) is 2. The number of hydrogen-bond donors (Lipinski definition) is 1. The zero-order chi connectivity index (χ0) is 23.5. The summed E-state index contributed by atoms with van der Waals surface area (Å²) in [7, 11) is 0. The molecule has 6 nitrogen and oxygen atoms in total. The van der Waals surface area contributed by atoms with E-state index >= 15 is 0 Å². The van der Waals surface area contributed by atoms with Crippen molar-refractivity contribution in [3.8, 4) is 5.75 Å². The smallest absolute Gasteiger partial charge is 0.258 e. The molecule has 0 atom stereocenters. The molecule has 7 heteroatoms. The molecule has 0 fully saturated rings. The van der Waals surface area contributed by atoms with Crippen LogP contribution in [0.25, 0.3) is 0 Å². The lowest BCUT2D eigenvalue weighted by Gasteiger charge is -2.17. The van der Waals surface area contributed by atoms with Crippen molar-refractivity contribution in [2.45, 2.75) is 20.0 Å². The third-order valence-electron chi connectivity index (χ3n) is 5.67. The highest BCUT2D eigenvalue weighted by Crippen LogP contribution is 2.29. The number of carbonyl (C=O) groups is 2. The summed E-state index contributed by atoms with van der Waals surface area (Å²) in [6.45, 7) is 2.98. The van der Waals surface area contributed by atoms with E-state index in [2.05, 4.69) is 16.4 Å². The highest BCUT2D eigenvalue weighted by Gasteiger charge is 2.25. The second-order valence-corrected chi connectivity index (χ2v) is 9.10. The molecule has 2 amide bonds. The maximum atomic E-state index is 13.0. The van der Waals surface area contributed by atoms with Crippen LogP contribution < -0.4 is 15.0 Å². The van der Waals surface area contributed by atoms with Crippen molar-refractivity contribution in [1.29, 1.82) is 0 Å². The Labute approximate surface area is 201 Å². The molecule has 3 aromatic carbocycles. The van der Waals surface area contributed by atoms with Crippen molar-refractivity contribution < 1.29 is 14.3 Å². The fraction of sp³-hybridized carbons (Fsp3) is 0.148. The average Bonchev–Trinajstić information content (AvgIpc) is 3.49. The van der Waals surface area contributed by atoms with Crippen molar-refractivity contribution in [3.05, 3.63) is 106 Å². The molecule has 170 valence electrons. The number of ether oxygens (including phenoxy) is 1. The average molecular weight is 470 g/mol. The van der Waals surface area contributed by atoms with Gasteiger partial charge in [-0.25, -0.2) is 4.98 Å². The standard InChI is InChI=1S/C27H23N3O3S/c1-18-28-23(17-34-18)16-33-24-7-4-6-21(15-24)26(31)29-22-11-9-20(10-12-22)27(32)30-14-13-19-5-2-3-8-25(19)30/h2-12,15,17H,13-14,16H2,1H3,(H,29,31). The van der Waals surface area contributed by atoms with Crippen LogP contribution in [0.5, 0.6) is 5.75 Å². The molecular weight excluding hydrogens is 446 g/mol. The van der Waals surface area contributed by atoms with Gasteiger partial charge in [-0.05, 0) is 67.4 Å². The monoisotopic (exact) mass is 469 g/mol. The molecule has 0 saturated heterocycles. The van der Waals surface area contributed by atoms with E-state index in [1.54, 1.807) is 58.7 Å². The van der Waals surface area contributed by atoms with E-state index in [4.69, 9.17) is 4.74 Å². The number of rotatable bonds is 6. The number of anilines is 2. The maximum Gasteiger partial charge on any atom is 0.258 e. The first-order chi connectivity index (χ1) is 16.6. The van der Waals surface area contributed by atoms with Crippen LogP contribution in [0.15, 0.2) is 78.2 Å². The largest absolute Gasteiger partial charge is 0.487 e. The summed E-state index contributed by atoms with van der Waals surface area (Å²) in [5.74, 6) is 0.315. The van der Waals surface area contributed by atoms with Gasteiger partial charge in [0.15, 0.2) is 0 Å². The van der Waals surface area contributed by atoms with Crippen molar-refractivity contribution in [2.75, 3.05) is 16.8 Å². The summed E-state index contributed by atoms with van der Waals surface area (Å²) in [5.41, 5.74) is 4.71. The number of carbonyl (C=O) groups excluding carboxylic acids is 2.